The Morgan fingerprint density at radius 3 is 2.44 bits per heavy atom. The van der Waals surface area contributed by atoms with Gasteiger partial charge < -0.3 is 15.0 Å². The third kappa shape index (κ3) is 3.60. The number of carbonyl (C=O) groups is 3. The van der Waals surface area contributed by atoms with Gasteiger partial charge >= 0.3 is 0 Å². The summed E-state index contributed by atoms with van der Waals surface area (Å²) in [7, 11) is 1.54. The molecule has 1 fully saturated rings. The van der Waals surface area contributed by atoms with Crippen LogP contribution in [0.4, 0.5) is 11.4 Å². The van der Waals surface area contributed by atoms with E-state index in [9.17, 15) is 14.4 Å². The number of rotatable bonds is 5. The van der Waals surface area contributed by atoms with Crippen molar-refractivity contribution in [2.24, 2.45) is 5.92 Å². The van der Waals surface area contributed by atoms with E-state index in [4.69, 9.17) is 16.3 Å². The maximum absolute atomic E-state index is 14.8. The van der Waals surface area contributed by atoms with E-state index < -0.39 is 23.4 Å². The maximum Gasteiger partial charge on any atom is 0.238 e. The number of methoxy groups -OCH3 is 1. The molecule has 0 saturated carbocycles. The van der Waals surface area contributed by atoms with Crippen molar-refractivity contribution in [2.45, 2.75) is 17.5 Å². The number of ether oxygens (including phenoxy) is 1. The Hall–Kier alpha value is -4.68. The molecule has 3 heterocycles. The fourth-order valence-corrected chi connectivity index (χ4v) is 6.99. The Kier molecular flexibility index (Phi) is 5.84. The second kappa shape index (κ2) is 9.46. The monoisotopic (exact) mass is 560 g/mol. The van der Waals surface area contributed by atoms with Gasteiger partial charge in [-0.2, -0.15) is 0 Å². The van der Waals surface area contributed by atoms with Crippen molar-refractivity contribution in [3.8, 4) is 5.75 Å². The van der Waals surface area contributed by atoms with Crippen LogP contribution in [0.3, 0.4) is 0 Å². The predicted octanol–water partition coefficient (Wildman–Crippen LogP) is 6.20. The molecule has 0 unspecified atom stereocenters. The minimum Gasteiger partial charge on any atom is -0.497 e. The molecule has 1 spiro atoms. The summed E-state index contributed by atoms with van der Waals surface area (Å²) in [5, 5.41) is 3.55. The van der Waals surface area contributed by atoms with E-state index in [0.29, 0.717) is 33.1 Å². The first-order chi connectivity index (χ1) is 19.9. The summed E-state index contributed by atoms with van der Waals surface area (Å²) in [6.07, 6.45) is 3.94. The molecule has 0 bridgehead atoms. The highest BCUT2D eigenvalue weighted by Crippen LogP contribution is 2.58. The van der Waals surface area contributed by atoms with E-state index in [-0.39, 0.29) is 17.5 Å². The van der Waals surface area contributed by atoms with Crippen LogP contribution in [0.2, 0.25) is 5.02 Å². The smallest absolute Gasteiger partial charge is 0.238 e. The SMILES string of the molecule is COc1cccc(C(=O)[C@H]2[C@H](C(=O)c3ccc(Cl)cc3)N3c4ccccc4C=C[C@@H]3[C@]23C(=O)Nc2ccccc23)c1. The van der Waals surface area contributed by atoms with Crippen LogP contribution in [-0.2, 0) is 10.2 Å². The minimum absolute atomic E-state index is 0.257. The van der Waals surface area contributed by atoms with Gasteiger partial charge in [-0.05, 0) is 59.7 Å². The van der Waals surface area contributed by atoms with Crippen molar-refractivity contribution in [3.63, 3.8) is 0 Å². The van der Waals surface area contributed by atoms with Crippen LogP contribution in [0.15, 0.2) is 103 Å². The van der Waals surface area contributed by atoms with E-state index in [0.717, 1.165) is 11.3 Å². The Labute approximate surface area is 242 Å². The van der Waals surface area contributed by atoms with Gasteiger partial charge in [0.25, 0.3) is 0 Å². The average molecular weight is 561 g/mol. The molecular formula is C34H25ClN2O4. The molecule has 4 aromatic carbocycles. The lowest BCUT2D eigenvalue weighted by Crippen LogP contribution is -2.51. The lowest BCUT2D eigenvalue weighted by atomic mass is 9.64. The van der Waals surface area contributed by atoms with Crippen molar-refractivity contribution in [1.82, 2.24) is 0 Å². The van der Waals surface area contributed by atoms with Crippen LogP contribution in [0.25, 0.3) is 6.08 Å². The Morgan fingerprint density at radius 1 is 0.878 bits per heavy atom. The number of fused-ring (bicyclic) bond motifs is 6. The van der Waals surface area contributed by atoms with Gasteiger partial charge in [-0.15, -0.1) is 0 Å². The van der Waals surface area contributed by atoms with Crippen LogP contribution in [0.1, 0.15) is 31.8 Å². The molecule has 7 heteroatoms. The number of halogens is 1. The maximum atomic E-state index is 14.8. The number of hydrogen-bond acceptors (Lipinski definition) is 5. The second-order valence-electron chi connectivity index (χ2n) is 10.5. The van der Waals surface area contributed by atoms with E-state index in [2.05, 4.69) is 5.32 Å². The quantitative estimate of drug-likeness (QED) is 0.294. The molecular weight excluding hydrogens is 536 g/mol. The molecule has 202 valence electrons. The molecule has 1 amide bonds. The van der Waals surface area contributed by atoms with Crippen LogP contribution in [0, 0.1) is 5.92 Å². The number of hydrogen-bond donors (Lipinski definition) is 1. The molecule has 3 aliphatic rings. The molecule has 41 heavy (non-hydrogen) atoms. The van der Waals surface area contributed by atoms with Gasteiger partial charge in [-0.25, -0.2) is 0 Å². The second-order valence-corrected chi connectivity index (χ2v) is 11.0. The van der Waals surface area contributed by atoms with Gasteiger partial charge in [0.15, 0.2) is 11.6 Å². The molecule has 4 aromatic rings. The van der Waals surface area contributed by atoms with E-state index in [1.54, 1.807) is 48.5 Å². The van der Waals surface area contributed by atoms with Crippen LogP contribution < -0.4 is 15.0 Å². The molecule has 3 aliphatic heterocycles. The van der Waals surface area contributed by atoms with E-state index >= 15 is 0 Å². The van der Waals surface area contributed by atoms with Crippen molar-refractivity contribution in [1.29, 1.82) is 0 Å². The molecule has 1 N–H and O–H groups in total. The number of nitrogens with one attached hydrogen (secondary N) is 1. The highest BCUT2D eigenvalue weighted by Gasteiger charge is 2.70. The largest absolute Gasteiger partial charge is 0.497 e. The standard InChI is InChI=1S/C34H25ClN2O4/c1-41-24-9-6-8-22(19-24)31(38)29-30(32(39)21-13-16-23(35)17-14-21)37-27-12-5-2-7-20(27)15-18-28(37)34(29)25-10-3-4-11-26(25)36-33(34)40/h2-19,28-30H,1H3,(H,36,40)/t28-,29-,30-,34+/m1/s1. The normalized spacial score (nSPS) is 23.5. The number of ketones is 2. The van der Waals surface area contributed by atoms with Gasteiger partial charge in [-0.1, -0.05) is 72.3 Å². The van der Waals surface area contributed by atoms with Crippen LogP contribution in [0.5, 0.6) is 5.75 Å². The molecule has 1 saturated heterocycles. The first kappa shape index (κ1) is 25.3. The zero-order chi connectivity index (χ0) is 28.3. The molecule has 4 atom stereocenters. The lowest BCUT2D eigenvalue weighted by Gasteiger charge is -2.37. The zero-order valence-electron chi connectivity index (χ0n) is 22.1. The third-order valence-corrected chi connectivity index (χ3v) is 8.83. The summed E-state index contributed by atoms with van der Waals surface area (Å²) in [6, 6.07) is 27.2. The lowest BCUT2D eigenvalue weighted by molar-refractivity contribution is -0.121. The van der Waals surface area contributed by atoms with E-state index in [1.807, 2.05) is 65.6 Å². The van der Waals surface area contributed by atoms with Gasteiger partial charge in [-0.3, -0.25) is 14.4 Å². The topological polar surface area (TPSA) is 75.7 Å². The number of amides is 1. The number of carbonyl (C=O) groups excluding carboxylic acids is 3. The summed E-state index contributed by atoms with van der Waals surface area (Å²) in [5.41, 5.74) is 2.48. The summed E-state index contributed by atoms with van der Waals surface area (Å²) in [4.78, 5) is 45.8. The van der Waals surface area contributed by atoms with Crippen LogP contribution >= 0.6 is 11.6 Å². The first-order valence-electron chi connectivity index (χ1n) is 13.4. The number of anilines is 2. The average Bonchev–Trinajstić information content (AvgIpc) is 3.49. The molecule has 0 aliphatic carbocycles. The molecule has 6 nitrogen and oxygen atoms in total. The number of benzene rings is 4. The van der Waals surface area contributed by atoms with Gasteiger partial charge in [0, 0.05) is 27.5 Å². The van der Waals surface area contributed by atoms with Gasteiger partial charge in [0.05, 0.1) is 19.1 Å². The zero-order valence-corrected chi connectivity index (χ0v) is 22.8. The summed E-state index contributed by atoms with van der Waals surface area (Å²) in [5.74, 6) is -1.40. The summed E-state index contributed by atoms with van der Waals surface area (Å²) >= 11 is 6.17. The van der Waals surface area contributed by atoms with Gasteiger partial charge in [0.2, 0.25) is 5.91 Å². The number of nitrogens with zero attached hydrogens (tertiary/aromatic N) is 1. The van der Waals surface area contributed by atoms with Crippen molar-refractivity contribution < 1.29 is 19.1 Å². The molecule has 0 aromatic heterocycles. The first-order valence-corrected chi connectivity index (χ1v) is 13.8. The highest BCUT2D eigenvalue weighted by molar-refractivity contribution is 6.30. The summed E-state index contributed by atoms with van der Waals surface area (Å²) in [6.45, 7) is 0. The van der Waals surface area contributed by atoms with Gasteiger partial charge in [0.1, 0.15) is 17.2 Å². The molecule has 7 rings (SSSR count). The van der Waals surface area contributed by atoms with Crippen molar-refractivity contribution in [2.75, 3.05) is 17.3 Å². The number of para-hydroxylation sites is 2. The van der Waals surface area contributed by atoms with Crippen molar-refractivity contribution in [3.05, 3.63) is 130 Å². The fourth-order valence-electron chi connectivity index (χ4n) is 6.86. The minimum atomic E-state index is -1.37. The Morgan fingerprint density at radius 2 is 1.63 bits per heavy atom. The Bertz CT molecular complexity index is 1760. The summed E-state index contributed by atoms with van der Waals surface area (Å²) < 4.78 is 5.43. The highest BCUT2D eigenvalue weighted by atomic mass is 35.5. The van der Waals surface area contributed by atoms with Crippen LogP contribution in [-0.4, -0.2) is 36.7 Å². The number of Topliss-reactive ketones (excluding diaryl/α,β-unsaturated/α-hetero) is 2. The Balaban J connectivity index is 1.53. The van der Waals surface area contributed by atoms with Crippen molar-refractivity contribution >= 4 is 46.5 Å². The molecule has 0 radical (unpaired) electrons. The fraction of sp³-hybridized carbons (Fsp3) is 0.147. The predicted molar refractivity (Wildman–Crippen MR) is 159 cm³/mol. The third-order valence-electron chi connectivity index (χ3n) is 8.58. The van der Waals surface area contributed by atoms with E-state index in [1.165, 1.54) is 7.11 Å².